The fourth-order valence-electron chi connectivity index (χ4n) is 4.76. The third-order valence-corrected chi connectivity index (χ3v) is 13.7. The van der Waals surface area contributed by atoms with Crippen molar-refractivity contribution in [1.82, 2.24) is 10.1 Å². The molecule has 282 valence electrons. The zero-order valence-corrected chi connectivity index (χ0v) is 31.0. The Labute approximate surface area is 291 Å². The molecule has 2 amide bonds. The van der Waals surface area contributed by atoms with Gasteiger partial charge in [0.1, 0.15) is 21.1 Å². The summed E-state index contributed by atoms with van der Waals surface area (Å²) >= 11 is 0. The third-order valence-electron chi connectivity index (χ3n) is 8.58. The molecular formula is C32H47F3N4O9S2. The van der Waals surface area contributed by atoms with Gasteiger partial charge in [-0.05, 0) is 71.9 Å². The van der Waals surface area contributed by atoms with Gasteiger partial charge in [0.25, 0.3) is 0 Å². The van der Waals surface area contributed by atoms with Crippen molar-refractivity contribution in [2.75, 3.05) is 35.4 Å². The molecule has 50 heavy (non-hydrogen) atoms. The molecule has 2 atom stereocenters. The molecule has 13 nitrogen and oxygen atoms in total. The van der Waals surface area contributed by atoms with Crippen molar-refractivity contribution < 1.29 is 53.6 Å². The largest absolute Gasteiger partial charge is 0.417 e. The van der Waals surface area contributed by atoms with E-state index in [4.69, 9.17) is 14.0 Å². The molecule has 2 N–H and O–H groups in total. The number of nitrogens with one attached hydrogen (secondary N) is 2. The maximum atomic E-state index is 12.7. The van der Waals surface area contributed by atoms with Crippen molar-refractivity contribution in [1.29, 1.82) is 0 Å². The number of carbonyl (C=O) groups is 2. The number of halogens is 3. The lowest BCUT2D eigenvalue weighted by molar-refractivity contribution is -0.137. The molecule has 18 heteroatoms. The van der Waals surface area contributed by atoms with Gasteiger partial charge in [-0.1, -0.05) is 25.9 Å². The van der Waals surface area contributed by atoms with Crippen LogP contribution < -0.4 is 10.6 Å². The predicted molar refractivity (Wildman–Crippen MR) is 180 cm³/mol. The van der Waals surface area contributed by atoms with Crippen molar-refractivity contribution in [3.8, 4) is 0 Å². The highest BCUT2D eigenvalue weighted by Crippen LogP contribution is 2.30. The number of pyridine rings is 1. The van der Waals surface area contributed by atoms with Gasteiger partial charge in [0.15, 0.2) is 25.5 Å². The molecule has 2 fully saturated rings. The summed E-state index contributed by atoms with van der Waals surface area (Å²) in [6.07, 6.45) is -0.784. The van der Waals surface area contributed by atoms with Crippen molar-refractivity contribution in [2.45, 2.75) is 114 Å². The summed E-state index contributed by atoms with van der Waals surface area (Å²) in [6, 6.07) is 3.35. The first-order valence-corrected chi connectivity index (χ1v) is 19.5. The number of alkyl halides is 3. The minimum atomic E-state index is -4.54. The Morgan fingerprint density at radius 2 is 1.28 bits per heavy atom. The van der Waals surface area contributed by atoms with Crippen molar-refractivity contribution >= 4 is 43.1 Å². The first-order valence-electron chi connectivity index (χ1n) is 16.2. The number of ether oxygens (including phenoxy) is 2. The smallest absolute Gasteiger partial charge is 0.377 e. The van der Waals surface area contributed by atoms with Gasteiger partial charge in [-0.2, -0.15) is 13.2 Å². The first-order chi connectivity index (χ1) is 22.9. The summed E-state index contributed by atoms with van der Waals surface area (Å²) in [6.45, 7) is 12.2. The highest BCUT2D eigenvalue weighted by atomic mass is 32.2. The highest BCUT2D eigenvalue weighted by Gasteiger charge is 2.45. The zero-order chi connectivity index (χ0) is 37.8. The number of hydrogen-bond donors (Lipinski definition) is 2. The van der Waals surface area contributed by atoms with Crippen LogP contribution in [0, 0.1) is 0 Å². The minimum Gasteiger partial charge on any atom is -0.377 e. The molecule has 0 saturated carbocycles. The number of nitrogens with zero attached hydrogens (tertiary/aromatic N) is 2. The average molecular weight is 753 g/mol. The van der Waals surface area contributed by atoms with E-state index in [2.05, 4.69) is 20.8 Å². The summed E-state index contributed by atoms with van der Waals surface area (Å²) < 4.78 is 101. The molecule has 0 spiro atoms. The van der Waals surface area contributed by atoms with E-state index in [9.17, 15) is 39.6 Å². The van der Waals surface area contributed by atoms with Crippen molar-refractivity contribution in [2.24, 2.45) is 0 Å². The topological polar surface area (TPSA) is 184 Å². The number of amides is 2. The maximum absolute atomic E-state index is 12.7. The second-order valence-corrected chi connectivity index (χ2v) is 19.5. The van der Waals surface area contributed by atoms with Crippen LogP contribution in [0.15, 0.2) is 28.9 Å². The van der Waals surface area contributed by atoms with Crippen LogP contribution in [0.3, 0.4) is 0 Å². The molecule has 0 aliphatic carbocycles. The van der Waals surface area contributed by atoms with Gasteiger partial charge >= 0.3 is 6.18 Å². The van der Waals surface area contributed by atoms with Crippen LogP contribution in [-0.2, 0) is 50.3 Å². The molecular weight excluding hydrogens is 705 g/mol. The summed E-state index contributed by atoms with van der Waals surface area (Å²) in [5.41, 5.74) is -1.22. The second kappa shape index (κ2) is 15.7. The van der Waals surface area contributed by atoms with Gasteiger partial charge in [0.05, 0.1) is 29.3 Å². The number of sulfone groups is 2. The van der Waals surface area contributed by atoms with E-state index in [-0.39, 0.29) is 34.7 Å². The number of anilines is 2. The highest BCUT2D eigenvalue weighted by molar-refractivity contribution is 7.93. The molecule has 4 rings (SSSR count). The van der Waals surface area contributed by atoms with Crippen LogP contribution in [0.5, 0.6) is 0 Å². The number of rotatable bonds is 10. The third kappa shape index (κ3) is 10.5. The average Bonchev–Trinajstić information content (AvgIpc) is 3.69. The molecule has 2 saturated heterocycles. The fraction of sp³-hybridized carbons (Fsp3) is 0.688. The van der Waals surface area contributed by atoms with Crippen LogP contribution in [0.1, 0.15) is 91.9 Å². The zero-order valence-electron chi connectivity index (χ0n) is 29.3. The quantitative estimate of drug-likeness (QED) is 0.330. The van der Waals surface area contributed by atoms with Crippen molar-refractivity contribution in [3.05, 3.63) is 35.7 Å². The molecule has 4 heterocycles. The van der Waals surface area contributed by atoms with Gasteiger partial charge in [-0.15, -0.1) is 0 Å². The van der Waals surface area contributed by atoms with Gasteiger partial charge in [0.2, 0.25) is 11.8 Å². The van der Waals surface area contributed by atoms with Crippen LogP contribution in [0.4, 0.5) is 24.8 Å². The first kappa shape index (κ1) is 41.3. The van der Waals surface area contributed by atoms with E-state index >= 15 is 0 Å². The molecule has 2 aliphatic heterocycles. The summed E-state index contributed by atoms with van der Waals surface area (Å²) in [4.78, 5) is 28.4. The van der Waals surface area contributed by atoms with Crippen LogP contribution in [0.25, 0.3) is 0 Å². The predicted octanol–water partition coefficient (Wildman–Crippen LogP) is 5.08. The standard InChI is InChI=1S/C17H28N2O5S.C15H19F3N2O4S/c1-16(2,3)13-10-14(19-24-13)18-15(20)17(4,5)25(21,22)11-12-8-6-7-9-23-12;1-14(2,25(22,23)9-11-4-3-7-24-11)13(21)20-12-6-5-10(8-19-12)15(16,17)18/h10,12H,6-9,11H2,1-5H3,(H,18,19,20);5-6,8,11H,3-4,7,9H2,1-2H3,(H,19,20,21). The molecule has 2 aromatic rings. The molecule has 0 aromatic carbocycles. The van der Waals surface area contributed by atoms with Crippen LogP contribution in [0.2, 0.25) is 0 Å². The van der Waals surface area contributed by atoms with Crippen LogP contribution >= 0.6 is 0 Å². The van der Waals surface area contributed by atoms with E-state index < -0.39 is 58.8 Å². The fourth-order valence-corrected chi connectivity index (χ4v) is 7.76. The maximum Gasteiger partial charge on any atom is 0.417 e. The lowest BCUT2D eigenvalue weighted by atomic mass is 9.93. The summed E-state index contributed by atoms with van der Waals surface area (Å²) in [5.74, 6) is -1.26. The van der Waals surface area contributed by atoms with Crippen LogP contribution in [-0.4, -0.2) is 85.2 Å². The van der Waals surface area contributed by atoms with E-state index in [1.165, 1.54) is 27.7 Å². The van der Waals surface area contributed by atoms with E-state index in [0.717, 1.165) is 31.4 Å². The lowest BCUT2D eigenvalue weighted by Gasteiger charge is -2.28. The minimum absolute atomic E-state index is 0.153. The molecule has 2 unspecified atom stereocenters. The summed E-state index contributed by atoms with van der Waals surface area (Å²) in [7, 11) is -7.53. The summed E-state index contributed by atoms with van der Waals surface area (Å²) in [5, 5.41) is 8.62. The van der Waals surface area contributed by atoms with E-state index in [1.54, 1.807) is 6.07 Å². The van der Waals surface area contributed by atoms with E-state index in [0.29, 0.717) is 38.0 Å². The van der Waals surface area contributed by atoms with Gasteiger partial charge in [0, 0.05) is 30.9 Å². The Morgan fingerprint density at radius 1 is 0.780 bits per heavy atom. The van der Waals surface area contributed by atoms with Gasteiger partial charge < -0.3 is 24.6 Å². The Kier molecular flexibility index (Phi) is 12.9. The molecule has 0 radical (unpaired) electrons. The Hall–Kier alpha value is -3.09. The number of aromatic nitrogens is 2. The van der Waals surface area contributed by atoms with E-state index in [1.807, 2.05) is 20.8 Å². The van der Waals surface area contributed by atoms with Gasteiger partial charge in [-0.25, -0.2) is 21.8 Å². The molecule has 2 aliphatic rings. The Morgan fingerprint density at radius 3 is 1.66 bits per heavy atom. The number of hydrogen-bond acceptors (Lipinski definition) is 11. The number of carbonyl (C=O) groups excluding carboxylic acids is 2. The monoisotopic (exact) mass is 752 g/mol. The Balaban J connectivity index is 0.000000270. The molecule has 2 aromatic heterocycles. The van der Waals surface area contributed by atoms with Gasteiger partial charge in [-0.3, -0.25) is 9.59 Å². The molecule has 0 bridgehead atoms. The second-order valence-electron chi connectivity index (χ2n) is 14.4. The normalized spacial score (nSPS) is 19.3. The van der Waals surface area contributed by atoms with Crippen molar-refractivity contribution in [3.63, 3.8) is 0 Å². The Bertz CT molecular complexity index is 1690. The lowest BCUT2D eigenvalue weighted by Crippen LogP contribution is -2.48. The SMILES string of the molecule is CC(C)(C(=O)Nc1ccc(C(F)(F)F)cn1)S(=O)(=O)CC1CCCO1.CC(C)(C)c1cc(NC(=O)C(C)(C)S(=O)(=O)CC2CCCCO2)no1.